The zero-order valence-electron chi connectivity index (χ0n) is 19.9. The Morgan fingerprint density at radius 1 is 1.21 bits per heavy atom. The molecule has 0 unspecified atom stereocenters. The van der Waals surface area contributed by atoms with Crippen molar-refractivity contribution in [3.8, 4) is 17.0 Å². The summed E-state index contributed by atoms with van der Waals surface area (Å²) in [5.41, 5.74) is 8.52. The summed E-state index contributed by atoms with van der Waals surface area (Å²) < 4.78 is 2.18. The number of benzene rings is 1. The minimum atomic E-state index is 0.0312. The number of anilines is 1. The van der Waals surface area contributed by atoms with E-state index >= 15 is 0 Å². The largest absolute Gasteiger partial charge is 0.392 e. The van der Waals surface area contributed by atoms with Crippen molar-refractivity contribution in [2.45, 2.75) is 59.4 Å². The number of aliphatic hydroxyl groups is 1. The quantitative estimate of drug-likeness (QED) is 0.464. The van der Waals surface area contributed by atoms with E-state index in [1.54, 1.807) is 6.20 Å². The molecule has 2 aromatic heterocycles. The lowest BCUT2D eigenvalue weighted by molar-refractivity contribution is -0.0360. The first-order valence-electron chi connectivity index (χ1n) is 11.8. The molecule has 1 aliphatic heterocycles. The van der Waals surface area contributed by atoms with Crippen molar-refractivity contribution >= 4 is 17.4 Å². The van der Waals surface area contributed by atoms with Crippen LogP contribution in [0, 0.1) is 12.3 Å². The average Bonchev–Trinajstić information content (AvgIpc) is 3.44. The number of aliphatic hydroxyl groups excluding tert-OH is 1. The Morgan fingerprint density at radius 2 is 2.03 bits per heavy atom. The molecule has 1 saturated carbocycles. The van der Waals surface area contributed by atoms with Crippen LogP contribution in [-0.2, 0) is 19.7 Å². The van der Waals surface area contributed by atoms with Crippen molar-refractivity contribution in [3.63, 3.8) is 0 Å². The smallest absolute Gasteiger partial charge is 0.221 e. The number of pyridine rings is 1. The molecule has 180 valence electrons. The third kappa shape index (κ3) is 4.93. The van der Waals surface area contributed by atoms with Gasteiger partial charge < -0.3 is 19.8 Å². The van der Waals surface area contributed by atoms with Gasteiger partial charge in [0, 0.05) is 60.7 Å². The number of rotatable bonds is 6. The van der Waals surface area contributed by atoms with E-state index in [1.165, 1.54) is 12.8 Å². The van der Waals surface area contributed by atoms with Gasteiger partial charge in [-0.25, -0.2) is 9.99 Å². The molecule has 2 aliphatic rings. The lowest BCUT2D eigenvalue weighted by Crippen LogP contribution is -2.46. The van der Waals surface area contributed by atoms with Crippen molar-refractivity contribution in [1.29, 1.82) is 0 Å². The van der Waals surface area contributed by atoms with Crippen LogP contribution < -0.4 is 15.7 Å². The summed E-state index contributed by atoms with van der Waals surface area (Å²) in [7, 11) is 0. The van der Waals surface area contributed by atoms with Crippen molar-refractivity contribution in [3.05, 3.63) is 64.4 Å². The lowest BCUT2D eigenvalue weighted by atomic mass is 10.0. The van der Waals surface area contributed by atoms with Gasteiger partial charge in [0.2, 0.25) is 5.88 Å². The topological polar surface area (TPSA) is 74.6 Å². The highest BCUT2D eigenvalue weighted by atomic mass is 35.5. The molecule has 0 saturated heterocycles. The summed E-state index contributed by atoms with van der Waals surface area (Å²) in [4.78, 5) is 10.5. The van der Waals surface area contributed by atoms with Crippen LogP contribution in [0.1, 0.15) is 43.4 Å². The molecule has 0 radical (unpaired) electrons. The molecule has 1 spiro atoms. The molecular weight excluding hydrogens is 450 g/mol. The predicted molar refractivity (Wildman–Crippen MR) is 134 cm³/mol. The van der Waals surface area contributed by atoms with Gasteiger partial charge in [-0.2, -0.15) is 0 Å². The fourth-order valence-corrected chi connectivity index (χ4v) is 4.89. The van der Waals surface area contributed by atoms with Gasteiger partial charge >= 0.3 is 0 Å². The SMILES string of the molecule is Cc1ccc(CN2CC3(CC3)Cn3cc(-c4cc(NC(C)C)ncc4Cl)cc3ON2)c(CO)c1. The van der Waals surface area contributed by atoms with Gasteiger partial charge in [0.15, 0.2) is 0 Å². The first-order valence-corrected chi connectivity index (χ1v) is 12.2. The molecule has 8 heteroatoms. The molecule has 34 heavy (non-hydrogen) atoms. The maximum atomic E-state index is 9.83. The summed E-state index contributed by atoms with van der Waals surface area (Å²) in [5.74, 6) is 1.55. The minimum absolute atomic E-state index is 0.0312. The summed E-state index contributed by atoms with van der Waals surface area (Å²) in [6.45, 7) is 8.66. The number of hydrogen-bond acceptors (Lipinski definition) is 6. The van der Waals surface area contributed by atoms with Crippen molar-refractivity contribution in [2.75, 3.05) is 11.9 Å². The van der Waals surface area contributed by atoms with E-state index < -0.39 is 0 Å². The number of nitrogens with one attached hydrogen (secondary N) is 2. The Hall–Kier alpha value is -2.58. The molecule has 0 bridgehead atoms. The normalized spacial score (nSPS) is 17.2. The van der Waals surface area contributed by atoms with E-state index in [0.717, 1.165) is 52.6 Å². The number of halogens is 1. The zero-order valence-corrected chi connectivity index (χ0v) is 20.7. The second-order valence-corrected chi connectivity index (χ2v) is 10.4. The number of hydrogen-bond donors (Lipinski definition) is 3. The number of hydrazine groups is 1. The van der Waals surface area contributed by atoms with E-state index in [2.05, 4.69) is 57.6 Å². The van der Waals surface area contributed by atoms with E-state index in [9.17, 15) is 5.11 Å². The van der Waals surface area contributed by atoms with Crippen molar-refractivity contribution in [2.24, 2.45) is 5.41 Å². The molecule has 1 aliphatic carbocycles. The second-order valence-electron chi connectivity index (χ2n) is 10.0. The lowest BCUT2D eigenvalue weighted by Gasteiger charge is -2.31. The molecule has 3 heterocycles. The molecule has 0 atom stereocenters. The summed E-state index contributed by atoms with van der Waals surface area (Å²) in [5, 5.41) is 15.9. The van der Waals surface area contributed by atoms with Crippen LogP contribution in [0.2, 0.25) is 5.02 Å². The number of nitrogens with zero attached hydrogens (tertiary/aromatic N) is 3. The van der Waals surface area contributed by atoms with Gasteiger partial charge in [-0.05, 0) is 50.8 Å². The first-order chi connectivity index (χ1) is 16.3. The molecule has 3 N–H and O–H groups in total. The van der Waals surface area contributed by atoms with E-state index in [-0.39, 0.29) is 18.1 Å². The fourth-order valence-electron chi connectivity index (χ4n) is 4.68. The fraction of sp³-hybridized carbons (Fsp3) is 0.423. The highest BCUT2D eigenvalue weighted by Crippen LogP contribution is 2.49. The van der Waals surface area contributed by atoms with Gasteiger partial charge in [-0.15, -0.1) is 0 Å². The van der Waals surface area contributed by atoms with Gasteiger partial charge in [0.25, 0.3) is 0 Å². The van der Waals surface area contributed by atoms with E-state index in [0.29, 0.717) is 11.6 Å². The Labute approximate surface area is 205 Å². The van der Waals surface area contributed by atoms with Crippen LogP contribution in [0.25, 0.3) is 11.1 Å². The molecule has 0 amide bonds. The van der Waals surface area contributed by atoms with Gasteiger partial charge in [0.1, 0.15) is 5.82 Å². The zero-order chi connectivity index (χ0) is 23.9. The molecule has 5 rings (SSSR count). The third-order valence-electron chi connectivity index (χ3n) is 6.62. The maximum Gasteiger partial charge on any atom is 0.221 e. The standard InChI is InChI=1S/C26H32ClN5O2/c1-17(2)29-24-10-22(23(27)11-28-24)20-9-25-31(12-20)15-26(6-7-26)16-32(30-34-25)13-19-5-4-18(3)8-21(19)14-33/h4-5,8-12,17,30,33H,6-7,13-16H2,1-3H3,(H,28,29). The monoisotopic (exact) mass is 481 g/mol. The summed E-state index contributed by atoms with van der Waals surface area (Å²) in [6.07, 6.45) is 6.17. The van der Waals surface area contributed by atoms with Crippen LogP contribution in [0.5, 0.6) is 5.88 Å². The van der Waals surface area contributed by atoms with E-state index in [4.69, 9.17) is 16.4 Å². The van der Waals surface area contributed by atoms with Gasteiger partial charge in [-0.3, -0.25) is 0 Å². The Morgan fingerprint density at radius 3 is 2.76 bits per heavy atom. The number of fused-ring (bicyclic) bond motifs is 1. The number of aryl methyl sites for hydroxylation is 1. The summed E-state index contributed by atoms with van der Waals surface area (Å²) >= 11 is 6.53. The molecule has 1 aromatic carbocycles. The predicted octanol–water partition coefficient (Wildman–Crippen LogP) is 4.92. The maximum absolute atomic E-state index is 9.83. The second kappa shape index (κ2) is 9.23. The Balaban J connectivity index is 1.40. The van der Waals surface area contributed by atoms with Gasteiger partial charge in [0.05, 0.1) is 11.6 Å². The van der Waals surface area contributed by atoms with E-state index in [1.807, 2.05) is 25.1 Å². The first kappa shape index (κ1) is 23.2. The Kier molecular flexibility index (Phi) is 6.29. The molecular formula is C26H32ClN5O2. The number of aromatic nitrogens is 2. The average molecular weight is 482 g/mol. The molecule has 3 aromatic rings. The summed E-state index contributed by atoms with van der Waals surface area (Å²) in [6, 6.07) is 10.5. The van der Waals surface area contributed by atoms with Crippen LogP contribution in [-0.4, -0.2) is 32.3 Å². The minimum Gasteiger partial charge on any atom is -0.392 e. The van der Waals surface area contributed by atoms with Crippen LogP contribution in [0.3, 0.4) is 0 Å². The van der Waals surface area contributed by atoms with Crippen LogP contribution in [0.15, 0.2) is 42.7 Å². The third-order valence-corrected chi connectivity index (χ3v) is 6.92. The van der Waals surface area contributed by atoms with Crippen LogP contribution >= 0.6 is 11.6 Å². The van der Waals surface area contributed by atoms with Crippen molar-refractivity contribution in [1.82, 2.24) is 20.1 Å². The molecule has 1 fully saturated rings. The highest BCUT2D eigenvalue weighted by molar-refractivity contribution is 6.33. The Bertz CT molecular complexity index is 1190. The van der Waals surface area contributed by atoms with Crippen LogP contribution in [0.4, 0.5) is 5.82 Å². The van der Waals surface area contributed by atoms with Gasteiger partial charge in [-0.1, -0.05) is 41.0 Å². The van der Waals surface area contributed by atoms with Crippen molar-refractivity contribution < 1.29 is 9.94 Å². The highest BCUT2D eigenvalue weighted by Gasteiger charge is 2.45. The molecule has 7 nitrogen and oxygen atoms in total.